The number of anilines is 1. The largest absolute Gasteiger partial charge is 0.331 e. The van der Waals surface area contributed by atoms with Gasteiger partial charge in [0.1, 0.15) is 6.04 Å². The molecule has 0 saturated carbocycles. The van der Waals surface area contributed by atoms with Gasteiger partial charge in [0.05, 0.1) is 5.69 Å². The summed E-state index contributed by atoms with van der Waals surface area (Å²) in [5.41, 5.74) is 0.830. The molecule has 0 aliphatic carbocycles. The molecule has 114 valence electrons. The van der Waals surface area contributed by atoms with Crippen LogP contribution in [0.25, 0.3) is 0 Å². The molecular weight excluding hydrogens is 284 g/mol. The number of thioether (sulfide) groups is 1. The summed E-state index contributed by atoms with van der Waals surface area (Å²) in [5, 5.41) is 3.44. The van der Waals surface area contributed by atoms with Gasteiger partial charge in [-0.05, 0) is 25.0 Å². The second-order valence-electron chi connectivity index (χ2n) is 5.52. The second-order valence-corrected chi connectivity index (χ2v) is 7.14. The van der Waals surface area contributed by atoms with Crippen LogP contribution in [0.3, 0.4) is 0 Å². The Bertz CT molecular complexity index is 531. The summed E-state index contributed by atoms with van der Waals surface area (Å²) in [6, 6.07) is 7.47. The molecule has 1 aromatic carbocycles. The lowest BCUT2D eigenvalue weighted by Gasteiger charge is -2.23. The molecule has 1 aromatic rings. The zero-order valence-electron chi connectivity index (χ0n) is 12.8. The van der Waals surface area contributed by atoms with E-state index in [1.807, 2.05) is 24.3 Å². The SMILES string of the molecule is CC(=O)N1CCC[C@H]1C(=O)Nc1ccccc1SC(C)C. The van der Waals surface area contributed by atoms with Crippen molar-refractivity contribution in [1.29, 1.82) is 0 Å². The van der Waals surface area contributed by atoms with E-state index in [9.17, 15) is 9.59 Å². The minimum Gasteiger partial charge on any atom is -0.331 e. The summed E-state index contributed by atoms with van der Waals surface area (Å²) in [6.07, 6.45) is 1.63. The topological polar surface area (TPSA) is 49.4 Å². The zero-order chi connectivity index (χ0) is 15.4. The summed E-state index contributed by atoms with van der Waals surface area (Å²) < 4.78 is 0. The molecule has 4 nitrogen and oxygen atoms in total. The number of para-hydroxylation sites is 1. The molecule has 2 amide bonds. The van der Waals surface area contributed by atoms with Crippen molar-refractivity contribution in [1.82, 2.24) is 4.90 Å². The maximum absolute atomic E-state index is 12.5. The van der Waals surface area contributed by atoms with Gasteiger partial charge in [-0.3, -0.25) is 9.59 Å². The van der Waals surface area contributed by atoms with Crippen molar-refractivity contribution in [2.45, 2.75) is 49.8 Å². The van der Waals surface area contributed by atoms with E-state index >= 15 is 0 Å². The minimum absolute atomic E-state index is 0.0301. The van der Waals surface area contributed by atoms with Crippen LogP contribution in [-0.4, -0.2) is 34.6 Å². The van der Waals surface area contributed by atoms with Crippen LogP contribution in [0.5, 0.6) is 0 Å². The van der Waals surface area contributed by atoms with Gasteiger partial charge in [0, 0.05) is 23.6 Å². The maximum Gasteiger partial charge on any atom is 0.247 e. The Labute approximate surface area is 130 Å². The lowest BCUT2D eigenvalue weighted by atomic mass is 10.2. The molecule has 0 unspecified atom stereocenters. The molecule has 5 heteroatoms. The first-order valence-corrected chi connectivity index (χ1v) is 8.20. The maximum atomic E-state index is 12.5. The zero-order valence-corrected chi connectivity index (χ0v) is 13.6. The summed E-state index contributed by atoms with van der Waals surface area (Å²) in [6.45, 7) is 6.44. The molecule has 1 saturated heterocycles. The Balaban J connectivity index is 2.11. The number of hydrogen-bond acceptors (Lipinski definition) is 3. The fourth-order valence-corrected chi connectivity index (χ4v) is 3.47. The molecule has 0 radical (unpaired) electrons. The molecule has 1 fully saturated rings. The van der Waals surface area contributed by atoms with Gasteiger partial charge in [-0.2, -0.15) is 0 Å². The molecule has 0 spiro atoms. The van der Waals surface area contributed by atoms with Crippen LogP contribution in [-0.2, 0) is 9.59 Å². The summed E-state index contributed by atoms with van der Waals surface area (Å²) >= 11 is 1.72. The quantitative estimate of drug-likeness (QED) is 0.869. The van der Waals surface area contributed by atoms with Gasteiger partial charge < -0.3 is 10.2 Å². The van der Waals surface area contributed by atoms with Crippen molar-refractivity contribution >= 4 is 29.3 Å². The third kappa shape index (κ3) is 4.00. The first kappa shape index (κ1) is 15.9. The molecular formula is C16H22N2O2S. The number of likely N-dealkylation sites (tertiary alicyclic amines) is 1. The summed E-state index contributed by atoms with van der Waals surface area (Å²) in [4.78, 5) is 26.7. The molecule has 2 rings (SSSR count). The highest BCUT2D eigenvalue weighted by molar-refractivity contribution is 8.00. The van der Waals surface area contributed by atoms with E-state index in [0.29, 0.717) is 11.8 Å². The molecule has 0 aromatic heterocycles. The lowest BCUT2D eigenvalue weighted by Crippen LogP contribution is -2.42. The van der Waals surface area contributed by atoms with Crippen molar-refractivity contribution in [2.24, 2.45) is 0 Å². The number of hydrogen-bond donors (Lipinski definition) is 1. The lowest BCUT2D eigenvalue weighted by molar-refractivity contribution is -0.134. The average molecular weight is 306 g/mol. The number of carbonyl (C=O) groups is 2. The van der Waals surface area contributed by atoms with Crippen LogP contribution in [0.2, 0.25) is 0 Å². The smallest absolute Gasteiger partial charge is 0.247 e. The van der Waals surface area contributed by atoms with Gasteiger partial charge in [-0.1, -0.05) is 26.0 Å². The summed E-state index contributed by atoms with van der Waals surface area (Å²) in [7, 11) is 0. The highest BCUT2D eigenvalue weighted by Gasteiger charge is 2.32. The molecule has 1 N–H and O–H groups in total. The molecule has 1 aliphatic rings. The van der Waals surface area contributed by atoms with Crippen LogP contribution in [0.4, 0.5) is 5.69 Å². The van der Waals surface area contributed by atoms with Gasteiger partial charge in [-0.15, -0.1) is 11.8 Å². The number of nitrogens with zero attached hydrogens (tertiary/aromatic N) is 1. The van der Waals surface area contributed by atoms with Crippen molar-refractivity contribution in [2.75, 3.05) is 11.9 Å². The van der Waals surface area contributed by atoms with Crippen LogP contribution >= 0.6 is 11.8 Å². The van der Waals surface area contributed by atoms with Crippen LogP contribution in [0.1, 0.15) is 33.6 Å². The fraction of sp³-hybridized carbons (Fsp3) is 0.500. The first-order valence-electron chi connectivity index (χ1n) is 7.33. The Morgan fingerprint density at radius 1 is 1.33 bits per heavy atom. The number of benzene rings is 1. The van der Waals surface area contributed by atoms with Crippen molar-refractivity contribution in [3.63, 3.8) is 0 Å². The van der Waals surface area contributed by atoms with Crippen molar-refractivity contribution in [3.05, 3.63) is 24.3 Å². The first-order chi connectivity index (χ1) is 9.99. The monoisotopic (exact) mass is 306 g/mol. The molecule has 1 aliphatic heterocycles. The predicted octanol–water partition coefficient (Wildman–Crippen LogP) is 3.14. The van der Waals surface area contributed by atoms with E-state index in [1.165, 1.54) is 6.92 Å². The molecule has 21 heavy (non-hydrogen) atoms. The van der Waals surface area contributed by atoms with Gasteiger partial charge in [0.25, 0.3) is 0 Å². The van der Waals surface area contributed by atoms with Crippen LogP contribution in [0.15, 0.2) is 29.2 Å². The van der Waals surface area contributed by atoms with E-state index in [2.05, 4.69) is 19.2 Å². The molecule has 0 bridgehead atoms. The Morgan fingerprint density at radius 2 is 2.05 bits per heavy atom. The third-order valence-electron chi connectivity index (χ3n) is 3.47. The van der Waals surface area contributed by atoms with E-state index in [1.54, 1.807) is 16.7 Å². The van der Waals surface area contributed by atoms with Gasteiger partial charge in [0.15, 0.2) is 0 Å². The Hall–Kier alpha value is -1.49. The highest BCUT2D eigenvalue weighted by Crippen LogP contribution is 2.30. The van der Waals surface area contributed by atoms with Gasteiger partial charge in [0.2, 0.25) is 11.8 Å². The van der Waals surface area contributed by atoms with E-state index < -0.39 is 0 Å². The number of nitrogens with one attached hydrogen (secondary N) is 1. The third-order valence-corrected chi connectivity index (χ3v) is 4.55. The highest BCUT2D eigenvalue weighted by atomic mass is 32.2. The number of carbonyl (C=O) groups excluding carboxylic acids is 2. The predicted molar refractivity (Wildman–Crippen MR) is 86.5 cm³/mol. The average Bonchev–Trinajstić information content (AvgIpc) is 2.90. The Kier molecular flexibility index (Phi) is 5.28. The normalized spacial score (nSPS) is 18.1. The van der Waals surface area contributed by atoms with Gasteiger partial charge in [-0.25, -0.2) is 0 Å². The standard InChI is InChI=1S/C16H22N2O2S/c1-11(2)21-15-9-5-4-7-13(15)17-16(20)14-8-6-10-18(14)12(3)19/h4-5,7,9,11,14H,6,8,10H2,1-3H3,(H,17,20)/t14-/m0/s1. The Morgan fingerprint density at radius 3 is 2.71 bits per heavy atom. The van der Waals surface area contributed by atoms with E-state index in [0.717, 1.165) is 23.4 Å². The van der Waals surface area contributed by atoms with Crippen LogP contribution < -0.4 is 5.32 Å². The van der Waals surface area contributed by atoms with Crippen molar-refractivity contribution in [3.8, 4) is 0 Å². The molecule has 1 atom stereocenters. The van der Waals surface area contributed by atoms with E-state index in [4.69, 9.17) is 0 Å². The minimum atomic E-state index is -0.334. The van der Waals surface area contributed by atoms with Crippen LogP contribution in [0, 0.1) is 0 Å². The second kappa shape index (κ2) is 6.98. The number of amides is 2. The van der Waals surface area contributed by atoms with E-state index in [-0.39, 0.29) is 17.9 Å². The molecule has 1 heterocycles. The fourth-order valence-electron chi connectivity index (χ4n) is 2.56. The number of rotatable bonds is 4. The van der Waals surface area contributed by atoms with Crippen molar-refractivity contribution < 1.29 is 9.59 Å². The summed E-state index contributed by atoms with van der Waals surface area (Å²) in [5.74, 6) is -0.114. The van der Waals surface area contributed by atoms with Gasteiger partial charge >= 0.3 is 0 Å².